The van der Waals surface area contributed by atoms with Crippen LogP contribution in [0.2, 0.25) is 0 Å². The fourth-order valence-corrected chi connectivity index (χ4v) is 3.06. The summed E-state index contributed by atoms with van der Waals surface area (Å²) in [6.07, 6.45) is 0. The average Bonchev–Trinajstić information content (AvgIpc) is 2.60. The van der Waals surface area contributed by atoms with Crippen LogP contribution in [0.25, 0.3) is 10.8 Å². The van der Waals surface area contributed by atoms with Gasteiger partial charge in [0.25, 0.3) is 0 Å². The summed E-state index contributed by atoms with van der Waals surface area (Å²) in [5.41, 5.74) is 0.409. The highest BCUT2D eigenvalue weighted by molar-refractivity contribution is 5.93. The van der Waals surface area contributed by atoms with Crippen molar-refractivity contribution in [1.29, 1.82) is 0 Å². The van der Waals surface area contributed by atoms with Crippen LogP contribution in [0.1, 0.15) is 20.8 Å². The van der Waals surface area contributed by atoms with Gasteiger partial charge >= 0.3 is 6.03 Å². The molecular weight excluding hydrogens is 314 g/mol. The summed E-state index contributed by atoms with van der Waals surface area (Å²) in [5, 5.41) is 5.21. The van der Waals surface area contributed by atoms with E-state index in [9.17, 15) is 9.59 Å². The van der Waals surface area contributed by atoms with Gasteiger partial charge in [-0.15, -0.1) is 0 Å². The quantitative estimate of drug-likeness (QED) is 0.864. The first kappa shape index (κ1) is 17.3. The fraction of sp³-hybridized carbons (Fsp3) is 0.400. The first-order valence-electron chi connectivity index (χ1n) is 8.69. The second-order valence-corrected chi connectivity index (χ2v) is 7.52. The Morgan fingerprint density at radius 3 is 2.12 bits per heavy atom. The van der Waals surface area contributed by atoms with Gasteiger partial charge in [0.2, 0.25) is 5.91 Å². The van der Waals surface area contributed by atoms with E-state index in [4.69, 9.17) is 0 Å². The SMILES string of the molecule is CC(C)(C)C(=O)N1CCN(C(=O)Nc2ccc3ccccc3c2)CC1. The first-order valence-corrected chi connectivity index (χ1v) is 8.69. The van der Waals surface area contributed by atoms with Crippen LogP contribution in [0.5, 0.6) is 0 Å². The Morgan fingerprint density at radius 2 is 1.48 bits per heavy atom. The minimum absolute atomic E-state index is 0.113. The topological polar surface area (TPSA) is 52.7 Å². The van der Waals surface area contributed by atoms with Crippen molar-refractivity contribution in [1.82, 2.24) is 9.80 Å². The molecule has 0 unspecified atom stereocenters. The lowest BCUT2D eigenvalue weighted by molar-refractivity contribution is -0.140. The van der Waals surface area contributed by atoms with Gasteiger partial charge < -0.3 is 15.1 Å². The molecule has 0 spiro atoms. The van der Waals surface area contributed by atoms with Crippen LogP contribution in [-0.4, -0.2) is 47.9 Å². The number of anilines is 1. The van der Waals surface area contributed by atoms with Crippen LogP contribution in [0.4, 0.5) is 10.5 Å². The summed E-state index contributed by atoms with van der Waals surface area (Å²) in [7, 11) is 0. The van der Waals surface area contributed by atoms with Gasteiger partial charge in [0.1, 0.15) is 0 Å². The maximum Gasteiger partial charge on any atom is 0.321 e. The van der Waals surface area contributed by atoms with Gasteiger partial charge in [0.05, 0.1) is 0 Å². The van der Waals surface area contributed by atoms with Crippen molar-refractivity contribution in [2.24, 2.45) is 5.41 Å². The molecule has 1 fully saturated rings. The van der Waals surface area contributed by atoms with Crippen molar-refractivity contribution in [2.45, 2.75) is 20.8 Å². The minimum Gasteiger partial charge on any atom is -0.339 e. The average molecular weight is 339 g/mol. The Morgan fingerprint density at radius 1 is 0.880 bits per heavy atom. The molecule has 3 rings (SSSR count). The molecule has 2 aromatic rings. The van der Waals surface area contributed by atoms with E-state index in [1.165, 1.54) is 0 Å². The van der Waals surface area contributed by atoms with E-state index in [2.05, 4.69) is 5.32 Å². The lowest BCUT2D eigenvalue weighted by Crippen LogP contribution is -2.53. The van der Waals surface area contributed by atoms with E-state index in [0.717, 1.165) is 16.5 Å². The monoisotopic (exact) mass is 339 g/mol. The molecule has 1 aliphatic heterocycles. The molecule has 1 heterocycles. The van der Waals surface area contributed by atoms with Crippen LogP contribution in [-0.2, 0) is 4.79 Å². The summed E-state index contributed by atoms with van der Waals surface area (Å²) in [6, 6.07) is 13.8. The Labute approximate surface area is 148 Å². The number of piperazine rings is 1. The Hall–Kier alpha value is -2.56. The van der Waals surface area contributed by atoms with Gasteiger partial charge in [0.15, 0.2) is 0 Å². The van der Waals surface area contributed by atoms with Gasteiger partial charge in [-0.05, 0) is 22.9 Å². The summed E-state index contributed by atoms with van der Waals surface area (Å²) >= 11 is 0. The molecule has 0 saturated carbocycles. The summed E-state index contributed by atoms with van der Waals surface area (Å²) in [6.45, 7) is 8.06. The van der Waals surface area contributed by atoms with Gasteiger partial charge in [-0.1, -0.05) is 51.1 Å². The smallest absolute Gasteiger partial charge is 0.321 e. The van der Waals surface area contributed by atoms with Crippen LogP contribution >= 0.6 is 0 Å². The highest BCUT2D eigenvalue weighted by Crippen LogP contribution is 2.21. The summed E-state index contributed by atoms with van der Waals surface area (Å²) in [5.74, 6) is 0.141. The number of rotatable bonds is 1. The number of nitrogens with zero attached hydrogens (tertiary/aromatic N) is 2. The minimum atomic E-state index is -0.379. The molecular formula is C20H25N3O2. The highest BCUT2D eigenvalue weighted by Gasteiger charge is 2.30. The molecule has 1 N–H and O–H groups in total. The van der Waals surface area contributed by atoms with E-state index in [-0.39, 0.29) is 17.4 Å². The lowest BCUT2D eigenvalue weighted by Gasteiger charge is -2.37. The van der Waals surface area contributed by atoms with Gasteiger partial charge in [0, 0.05) is 37.3 Å². The van der Waals surface area contributed by atoms with Crippen LogP contribution in [0.15, 0.2) is 42.5 Å². The van der Waals surface area contributed by atoms with Crippen LogP contribution < -0.4 is 5.32 Å². The molecule has 25 heavy (non-hydrogen) atoms. The first-order chi connectivity index (χ1) is 11.8. The maximum atomic E-state index is 12.5. The molecule has 0 radical (unpaired) electrons. The van der Waals surface area contributed by atoms with Crippen molar-refractivity contribution in [2.75, 3.05) is 31.5 Å². The maximum absolute atomic E-state index is 12.5. The van der Waals surface area contributed by atoms with Crippen molar-refractivity contribution in [3.63, 3.8) is 0 Å². The predicted molar refractivity (Wildman–Crippen MR) is 101 cm³/mol. The number of urea groups is 1. The third-order valence-corrected chi connectivity index (χ3v) is 4.50. The molecule has 0 aromatic heterocycles. The van der Waals surface area contributed by atoms with Crippen molar-refractivity contribution < 1.29 is 9.59 Å². The van der Waals surface area contributed by atoms with E-state index >= 15 is 0 Å². The van der Waals surface area contributed by atoms with Gasteiger partial charge in [-0.2, -0.15) is 0 Å². The molecule has 0 atom stereocenters. The van der Waals surface area contributed by atoms with E-state index < -0.39 is 0 Å². The molecule has 0 aliphatic carbocycles. The number of fused-ring (bicyclic) bond motifs is 1. The van der Waals surface area contributed by atoms with Crippen LogP contribution in [0.3, 0.4) is 0 Å². The van der Waals surface area contributed by atoms with Gasteiger partial charge in [-0.3, -0.25) is 4.79 Å². The third-order valence-electron chi connectivity index (χ3n) is 4.50. The highest BCUT2D eigenvalue weighted by atomic mass is 16.2. The molecule has 2 aromatic carbocycles. The van der Waals surface area contributed by atoms with E-state index in [0.29, 0.717) is 26.2 Å². The Bertz CT molecular complexity index is 787. The number of benzene rings is 2. The zero-order valence-corrected chi connectivity index (χ0v) is 15.1. The third kappa shape index (κ3) is 3.92. The Kier molecular flexibility index (Phi) is 4.66. The van der Waals surface area contributed by atoms with E-state index in [1.54, 1.807) is 4.90 Å². The molecule has 1 saturated heterocycles. The van der Waals surface area contributed by atoms with Gasteiger partial charge in [-0.25, -0.2) is 4.79 Å². The summed E-state index contributed by atoms with van der Waals surface area (Å²) < 4.78 is 0. The number of nitrogens with one attached hydrogen (secondary N) is 1. The number of carbonyl (C=O) groups excluding carboxylic acids is 2. The second-order valence-electron chi connectivity index (χ2n) is 7.52. The van der Waals surface area contributed by atoms with Crippen molar-refractivity contribution in [3.8, 4) is 0 Å². The summed E-state index contributed by atoms with van der Waals surface area (Å²) in [4.78, 5) is 28.4. The Balaban J connectivity index is 1.60. The standard InChI is InChI=1S/C20H25N3O2/c1-20(2,3)18(24)22-10-12-23(13-11-22)19(25)21-17-9-8-15-6-4-5-7-16(15)14-17/h4-9,14H,10-13H2,1-3H3,(H,21,25). The van der Waals surface area contributed by atoms with Crippen LogP contribution in [0, 0.1) is 5.41 Å². The fourth-order valence-electron chi connectivity index (χ4n) is 3.06. The number of hydrogen-bond donors (Lipinski definition) is 1. The molecule has 1 aliphatic rings. The second kappa shape index (κ2) is 6.75. The van der Waals surface area contributed by atoms with Crippen molar-refractivity contribution >= 4 is 28.4 Å². The zero-order chi connectivity index (χ0) is 18.0. The molecule has 5 heteroatoms. The predicted octanol–water partition coefficient (Wildman–Crippen LogP) is 3.56. The van der Waals surface area contributed by atoms with E-state index in [1.807, 2.05) is 68.1 Å². The molecule has 0 bridgehead atoms. The zero-order valence-electron chi connectivity index (χ0n) is 15.1. The number of carbonyl (C=O) groups is 2. The van der Waals surface area contributed by atoms with Crippen molar-refractivity contribution in [3.05, 3.63) is 42.5 Å². The molecule has 5 nitrogen and oxygen atoms in total. The normalized spacial score (nSPS) is 15.3. The lowest BCUT2D eigenvalue weighted by atomic mass is 9.94. The largest absolute Gasteiger partial charge is 0.339 e. The molecule has 3 amide bonds. The number of amides is 3. The molecule has 132 valence electrons. The number of hydrogen-bond acceptors (Lipinski definition) is 2.